The third-order valence-corrected chi connectivity index (χ3v) is 7.69. The highest BCUT2D eigenvalue weighted by molar-refractivity contribution is 8.00. The topological polar surface area (TPSA) is 113 Å². The molecule has 4 rings (SSSR count). The third kappa shape index (κ3) is 6.73. The van der Waals surface area contributed by atoms with Gasteiger partial charge in [-0.15, -0.1) is 11.8 Å². The van der Waals surface area contributed by atoms with Gasteiger partial charge in [0.2, 0.25) is 11.8 Å². The molecule has 0 aliphatic carbocycles. The van der Waals surface area contributed by atoms with Crippen LogP contribution in [-0.4, -0.2) is 50.8 Å². The summed E-state index contributed by atoms with van der Waals surface area (Å²) < 4.78 is 6.94. The molecule has 1 fully saturated rings. The molecular formula is C25H30N6O3S2. The molecule has 0 bridgehead atoms. The molecule has 1 aliphatic rings. The number of aromatic nitrogens is 3. The number of carbonyl (C=O) groups is 2. The van der Waals surface area contributed by atoms with E-state index in [0.29, 0.717) is 36.1 Å². The average Bonchev–Trinajstić information content (AvgIpc) is 3.52. The van der Waals surface area contributed by atoms with Crippen LogP contribution in [-0.2, 0) is 16.0 Å². The van der Waals surface area contributed by atoms with E-state index >= 15 is 0 Å². The number of piperidine rings is 1. The van der Waals surface area contributed by atoms with Gasteiger partial charge in [-0.3, -0.25) is 9.59 Å². The van der Waals surface area contributed by atoms with Crippen molar-refractivity contribution >= 4 is 45.7 Å². The molecule has 190 valence electrons. The number of amides is 2. The lowest BCUT2D eigenvalue weighted by molar-refractivity contribution is -0.111. The maximum atomic E-state index is 13.0. The van der Waals surface area contributed by atoms with E-state index in [1.807, 2.05) is 11.1 Å². The summed E-state index contributed by atoms with van der Waals surface area (Å²) in [6.45, 7) is 11.0. The summed E-state index contributed by atoms with van der Waals surface area (Å²) >= 11 is 3.23. The summed E-state index contributed by atoms with van der Waals surface area (Å²) in [5.74, 6) is 1.79. The zero-order valence-electron chi connectivity index (χ0n) is 20.6. The van der Waals surface area contributed by atoms with Crippen molar-refractivity contribution < 1.29 is 14.0 Å². The molecule has 1 atom stereocenters. The van der Waals surface area contributed by atoms with Gasteiger partial charge in [0, 0.05) is 24.5 Å². The molecule has 3 aromatic rings. The van der Waals surface area contributed by atoms with E-state index in [1.54, 1.807) is 41.4 Å². The Bertz CT molecular complexity index is 1220. The van der Waals surface area contributed by atoms with Gasteiger partial charge < -0.3 is 20.0 Å². The van der Waals surface area contributed by atoms with Crippen LogP contribution in [0, 0.1) is 0 Å². The zero-order chi connectivity index (χ0) is 25.7. The van der Waals surface area contributed by atoms with Crippen LogP contribution in [0.3, 0.4) is 0 Å². The van der Waals surface area contributed by atoms with Crippen molar-refractivity contribution in [3.63, 3.8) is 0 Å². The maximum Gasteiger partial charge on any atom is 0.272 e. The predicted octanol–water partition coefficient (Wildman–Crippen LogP) is 4.96. The van der Waals surface area contributed by atoms with Crippen molar-refractivity contribution in [2.24, 2.45) is 0 Å². The maximum absolute atomic E-state index is 13.0. The summed E-state index contributed by atoms with van der Waals surface area (Å²) in [4.78, 5) is 39.3. The minimum absolute atomic E-state index is 0.0602. The molecule has 2 N–H and O–H groups in total. The quantitative estimate of drug-likeness (QED) is 0.313. The zero-order valence-corrected chi connectivity index (χ0v) is 22.2. The highest BCUT2D eigenvalue weighted by Gasteiger charge is 2.26. The first-order chi connectivity index (χ1) is 17.2. The Morgan fingerprint density at radius 1 is 1.25 bits per heavy atom. The van der Waals surface area contributed by atoms with Crippen molar-refractivity contribution in [3.05, 3.63) is 60.7 Å². The molecule has 9 nitrogen and oxygen atoms in total. The molecule has 0 saturated carbocycles. The normalized spacial score (nSPS) is 16.0. The van der Waals surface area contributed by atoms with Crippen LogP contribution >= 0.6 is 23.1 Å². The van der Waals surface area contributed by atoms with Crippen LogP contribution in [0.25, 0.3) is 0 Å². The smallest absolute Gasteiger partial charge is 0.272 e. The second kappa shape index (κ2) is 11.3. The molecule has 0 radical (unpaired) electrons. The number of oxazole rings is 1. The van der Waals surface area contributed by atoms with Crippen LogP contribution in [0.1, 0.15) is 55.8 Å². The van der Waals surface area contributed by atoms with Gasteiger partial charge in [-0.05, 0) is 31.1 Å². The Balaban J connectivity index is 1.29. The lowest BCUT2D eigenvalue weighted by atomic mass is 9.94. The van der Waals surface area contributed by atoms with Gasteiger partial charge in [0.15, 0.2) is 5.13 Å². The average molecular weight is 527 g/mol. The minimum atomic E-state index is -0.322. The van der Waals surface area contributed by atoms with E-state index in [0.717, 1.165) is 27.9 Å². The van der Waals surface area contributed by atoms with E-state index < -0.39 is 0 Å². The van der Waals surface area contributed by atoms with E-state index in [9.17, 15) is 9.59 Å². The lowest BCUT2D eigenvalue weighted by Gasteiger charge is -2.33. The number of nitrogens with one attached hydrogen (secondary N) is 2. The fourth-order valence-corrected chi connectivity index (χ4v) is 5.46. The van der Waals surface area contributed by atoms with Crippen LogP contribution in [0.2, 0.25) is 0 Å². The molecule has 1 aliphatic heterocycles. The molecule has 4 heterocycles. The van der Waals surface area contributed by atoms with Crippen LogP contribution in [0.5, 0.6) is 0 Å². The number of thioether (sulfide) groups is 1. The Kier molecular flexibility index (Phi) is 8.10. The van der Waals surface area contributed by atoms with E-state index in [1.165, 1.54) is 12.3 Å². The van der Waals surface area contributed by atoms with E-state index in [4.69, 9.17) is 4.42 Å². The Hall–Kier alpha value is -3.18. The SMILES string of the molecule is C=CC(=O)Nc1ccc(C(=O)N2CCC[C@@H](Nc3ncc(SCc4ncc(C(C)(C)C)o4)s3)C2)nc1. The predicted molar refractivity (Wildman–Crippen MR) is 142 cm³/mol. The van der Waals surface area contributed by atoms with Crippen molar-refractivity contribution in [1.29, 1.82) is 0 Å². The van der Waals surface area contributed by atoms with E-state index in [-0.39, 0.29) is 23.3 Å². The Morgan fingerprint density at radius 3 is 2.78 bits per heavy atom. The number of anilines is 2. The molecule has 3 aromatic heterocycles. The fourth-order valence-electron chi connectivity index (χ4n) is 3.65. The summed E-state index contributed by atoms with van der Waals surface area (Å²) in [6.07, 6.45) is 8.17. The van der Waals surface area contributed by atoms with Gasteiger partial charge in [0.05, 0.1) is 34.2 Å². The number of carbonyl (C=O) groups excluding carboxylic acids is 2. The van der Waals surface area contributed by atoms with Gasteiger partial charge in [0.1, 0.15) is 11.5 Å². The summed E-state index contributed by atoms with van der Waals surface area (Å²) in [5, 5.41) is 6.94. The number of pyridine rings is 1. The fraction of sp³-hybridized carbons (Fsp3) is 0.400. The molecule has 0 unspecified atom stereocenters. The number of hydrogen-bond acceptors (Lipinski definition) is 9. The number of likely N-dealkylation sites (tertiary alicyclic amines) is 1. The van der Waals surface area contributed by atoms with Crippen molar-refractivity contribution in [3.8, 4) is 0 Å². The van der Waals surface area contributed by atoms with Crippen LogP contribution < -0.4 is 10.6 Å². The molecule has 2 amide bonds. The highest BCUT2D eigenvalue weighted by atomic mass is 32.2. The van der Waals surface area contributed by atoms with Gasteiger partial charge in [-0.25, -0.2) is 15.0 Å². The lowest BCUT2D eigenvalue weighted by Crippen LogP contribution is -2.45. The van der Waals surface area contributed by atoms with Gasteiger partial charge in [0.25, 0.3) is 5.91 Å². The second-order valence-electron chi connectivity index (χ2n) is 9.50. The van der Waals surface area contributed by atoms with Crippen molar-refractivity contribution in [2.45, 2.75) is 55.0 Å². The van der Waals surface area contributed by atoms with Crippen molar-refractivity contribution in [1.82, 2.24) is 19.9 Å². The monoisotopic (exact) mass is 526 g/mol. The van der Waals surface area contributed by atoms with Crippen LogP contribution in [0.4, 0.5) is 10.8 Å². The molecule has 1 saturated heterocycles. The highest BCUT2D eigenvalue weighted by Crippen LogP contribution is 2.32. The van der Waals surface area contributed by atoms with Gasteiger partial charge in [-0.1, -0.05) is 38.7 Å². The Morgan fingerprint density at radius 2 is 2.08 bits per heavy atom. The van der Waals surface area contributed by atoms with Gasteiger partial charge >= 0.3 is 0 Å². The Labute approximate surface area is 218 Å². The first kappa shape index (κ1) is 25.9. The summed E-state index contributed by atoms with van der Waals surface area (Å²) in [5.41, 5.74) is 0.806. The van der Waals surface area contributed by atoms with E-state index in [2.05, 4.69) is 52.9 Å². The number of thiazole rings is 1. The summed E-state index contributed by atoms with van der Waals surface area (Å²) in [7, 11) is 0. The molecular weight excluding hydrogens is 496 g/mol. The van der Waals surface area contributed by atoms with Crippen molar-refractivity contribution in [2.75, 3.05) is 23.7 Å². The molecule has 11 heteroatoms. The second-order valence-corrected chi connectivity index (χ2v) is 11.8. The number of rotatable bonds is 8. The number of hydrogen-bond donors (Lipinski definition) is 2. The third-order valence-electron chi connectivity index (χ3n) is 5.59. The minimum Gasteiger partial charge on any atom is -0.444 e. The molecule has 0 aromatic carbocycles. The largest absolute Gasteiger partial charge is 0.444 e. The molecule has 0 spiro atoms. The van der Waals surface area contributed by atoms with Crippen LogP contribution in [0.15, 0.2) is 52.0 Å². The standard InChI is InChI=1S/C25H30N6O3S2/c1-5-20(32)29-16-8-9-18(26-11-16)23(33)31-10-6-7-17(14-31)30-24-28-13-22(36-24)35-15-21-27-12-19(34-21)25(2,3)4/h5,8-9,11-13,17H,1,6-7,10,14-15H2,2-4H3,(H,28,30)(H,29,32)/t17-/m1/s1. The number of nitrogens with zero attached hydrogens (tertiary/aromatic N) is 4. The first-order valence-electron chi connectivity index (χ1n) is 11.7. The first-order valence-corrected chi connectivity index (χ1v) is 13.5. The van der Waals surface area contributed by atoms with Gasteiger partial charge in [-0.2, -0.15) is 0 Å². The summed E-state index contributed by atoms with van der Waals surface area (Å²) in [6, 6.07) is 3.40. The molecule has 36 heavy (non-hydrogen) atoms.